The number of hydrogen-bond acceptors (Lipinski definition) is 2. The van der Waals surface area contributed by atoms with Crippen LogP contribution in [0.3, 0.4) is 0 Å². The maximum atomic E-state index is 5.28. The molecule has 1 aliphatic carbocycles. The van der Waals surface area contributed by atoms with Crippen LogP contribution in [-0.2, 0) is 4.74 Å². The Kier molecular flexibility index (Phi) is 2.03. The smallest absolute Gasteiger partial charge is 0.116 e. The fraction of sp³-hybridized carbons (Fsp3) is 0.500. The Morgan fingerprint density at radius 3 is 3.33 bits per heavy atom. The summed E-state index contributed by atoms with van der Waals surface area (Å²) in [5, 5.41) is 3.25. The summed E-state index contributed by atoms with van der Waals surface area (Å²) in [6.07, 6.45) is 4.26. The molecule has 0 amide bonds. The van der Waals surface area contributed by atoms with Crippen LogP contribution in [0.2, 0.25) is 0 Å². The van der Waals surface area contributed by atoms with E-state index in [1.54, 1.807) is 0 Å². The van der Waals surface area contributed by atoms with Gasteiger partial charge in [-0.15, -0.1) is 5.73 Å². The van der Waals surface area contributed by atoms with Gasteiger partial charge in [-0.05, 0) is 31.4 Å². The standard InChI is InChI=1S/C10H13NO/c1-8-2-4-9-6-12-7-11-10(9)5-3-8/h4,11H,3,5-7H2,1H3. The van der Waals surface area contributed by atoms with Crippen molar-refractivity contribution in [2.75, 3.05) is 13.3 Å². The highest BCUT2D eigenvalue weighted by Gasteiger charge is 2.11. The van der Waals surface area contributed by atoms with Gasteiger partial charge in [0, 0.05) is 11.3 Å². The van der Waals surface area contributed by atoms with Crippen molar-refractivity contribution in [2.45, 2.75) is 19.8 Å². The Morgan fingerprint density at radius 2 is 2.42 bits per heavy atom. The summed E-state index contributed by atoms with van der Waals surface area (Å²) in [5.41, 5.74) is 7.18. The van der Waals surface area contributed by atoms with Crippen LogP contribution in [0.1, 0.15) is 19.8 Å². The van der Waals surface area contributed by atoms with E-state index < -0.39 is 0 Å². The normalized spacial score (nSPS) is 22.6. The van der Waals surface area contributed by atoms with E-state index in [2.05, 4.69) is 18.0 Å². The number of hydrogen-bond donors (Lipinski definition) is 1. The van der Waals surface area contributed by atoms with E-state index in [9.17, 15) is 0 Å². The average molecular weight is 163 g/mol. The van der Waals surface area contributed by atoms with Crippen molar-refractivity contribution in [3.05, 3.63) is 28.7 Å². The number of rotatable bonds is 0. The quantitative estimate of drug-likeness (QED) is 0.549. The number of nitrogens with one attached hydrogen (secondary N) is 1. The minimum absolute atomic E-state index is 0.658. The number of ether oxygens (including phenoxy) is 1. The Balaban J connectivity index is 2.31. The molecular formula is C10H13NO. The second-order valence-electron chi connectivity index (χ2n) is 3.24. The molecule has 12 heavy (non-hydrogen) atoms. The SMILES string of the molecule is CC1=C=CC2=C(CC1)NCOC2. The highest BCUT2D eigenvalue weighted by molar-refractivity contribution is 5.29. The van der Waals surface area contributed by atoms with E-state index >= 15 is 0 Å². The molecule has 1 N–H and O–H groups in total. The van der Waals surface area contributed by atoms with Crippen LogP contribution in [-0.4, -0.2) is 13.3 Å². The summed E-state index contributed by atoms with van der Waals surface area (Å²) >= 11 is 0. The zero-order valence-electron chi connectivity index (χ0n) is 7.31. The zero-order chi connectivity index (χ0) is 8.39. The fourth-order valence-electron chi connectivity index (χ4n) is 1.47. The molecule has 0 spiro atoms. The molecule has 2 aliphatic rings. The third-order valence-corrected chi connectivity index (χ3v) is 2.28. The van der Waals surface area contributed by atoms with Crippen molar-refractivity contribution in [1.82, 2.24) is 5.32 Å². The summed E-state index contributed by atoms with van der Waals surface area (Å²) in [7, 11) is 0. The third-order valence-electron chi connectivity index (χ3n) is 2.28. The first-order valence-corrected chi connectivity index (χ1v) is 4.32. The summed E-state index contributed by atoms with van der Waals surface area (Å²) in [5.74, 6) is 0. The largest absolute Gasteiger partial charge is 0.366 e. The third kappa shape index (κ3) is 1.45. The topological polar surface area (TPSA) is 21.3 Å². The molecular weight excluding hydrogens is 150 g/mol. The maximum absolute atomic E-state index is 5.28. The predicted molar refractivity (Wildman–Crippen MR) is 47.5 cm³/mol. The second-order valence-corrected chi connectivity index (χ2v) is 3.24. The molecule has 0 atom stereocenters. The van der Waals surface area contributed by atoms with Crippen LogP contribution in [0.5, 0.6) is 0 Å². The highest BCUT2D eigenvalue weighted by atomic mass is 16.5. The van der Waals surface area contributed by atoms with E-state index in [4.69, 9.17) is 4.74 Å². The molecule has 2 rings (SSSR count). The summed E-state index contributed by atoms with van der Waals surface area (Å²) in [6.45, 7) is 3.52. The molecule has 1 heterocycles. The van der Waals surface area contributed by atoms with Crippen LogP contribution in [0, 0.1) is 0 Å². The lowest BCUT2D eigenvalue weighted by Crippen LogP contribution is -2.25. The second kappa shape index (κ2) is 3.18. The van der Waals surface area contributed by atoms with E-state index in [0.29, 0.717) is 6.73 Å². The molecule has 0 aromatic carbocycles. The first-order chi connectivity index (χ1) is 5.86. The fourth-order valence-corrected chi connectivity index (χ4v) is 1.47. The molecule has 0 aromatic rings. The van der Waals surface area contributed by atoms with Gasteiger partial charge in [-0.25, -0.2) is 0 Å². The van der Waals surface area contributed by atoms with E-state index in [-0.39, 0.29) is 0 Å². The van der Waals surface area contributed by atoms with Crippen molar-refractivity contribution < 1.29 is 4.74 Å². The zero-order valence-corrected chi connectivity index (χ0v) is 7.31. The van der Waals surface area contributed by atoms with Crippen LogP contribution < -0.4 is 5.32 Å². The molecule has 2 nitrogen and oxygen atoms in total. The predicted octanol–water partition coefficient (Wildman–Crippen LogP) is 1.71. The minimum atomic E-state index is 0.658. The van der Waals surface area contributed by atoms with Crippen LogP contribution in [0.15, 0.2) is 28.7 Å². The van der Waals surface area contributed by atoms with Crippen molar-refractivity contribution in [2.24, 2.45) is 0 Å². The lowest BCUT2D eigenvalue weighted by atomic mass is 10.1. The van der Waals surface area contributed by atoms with Gasteiger partial charge in [0.05, 0.1) is 6.61 Å². The van der Waals surface area contributed by atoms with E-state index in [1.807, 2.05) is 6.08 Å². The minimum Gasteiger partial charge on any atom is -0.366 e. The van der Waals surface area contributed by atoms with Crippen LogP contribution in [0.4, 0.5) is 0 Å². The van der Waals surface area contributed by atoms with Gasteiger partial charge in [-0.1, -0.05) is 0 Å². The monoisotopic (exact) mass is 163 g/mol. The van der Waals surface area contributed by atoms with Gasteiger partial charge in [-0.3, -0.25) is 0 Å². The first-order valence-electron chi connectivity index (χ1n) is 4.32. The summed E-state index contributed by atoms with van der Waals surface area (Å²) in [4.78, 5) is 0. The molecule has 0 unspecified atom stereocenters. The summed E-state index contributed by atoms with van der Waals surface area (Å²) < 4.78 is 5.28. The molecule has 0 bridgehead atoms. The molecule has 0 saturated heterocycles. The van der Waals surface area contributed by atoms with E-state index in [0.717, 1.165) is 19.4 Å². The molecule has 1 aliphatic heterocycles. The van der Waals surface area contributed by atoms with Gasteiger partial charge >= 0.3 is 0 Å². The van der Waals surface area contributed by atoms with Crippen molar-refractivity contribution in [3.63, 3.8) is 0 Å². The van der Waals surface area contributed by atoms with Crippen LogP contribution in [0.25, 0.3) is 0 Å². The van der Waals surface area contributed by atoms with Crippen molar-refractivity contribution >= 4 is 0 Å². The summed E-state index contributed by atoms with van der Waals surface area (Å²) in [6, 6.07) is 0. The molecule has 0 aromatic heterocycles. The Bertz CT molecular complexity index is 282. The lowest BCUT2D eigenvalue weighted by molar-refractivity contribution is 0.130. The van der Waals surface area contributed by atoms with Gasteiger partial charge in [0.2, 0.25) is 0 Å². The van der Waals surface area contributed by atoms with Gasteiger partial charge in [0.15, 0.2) is 0 Å². The molecule has 64 valence electrons. The van der Waals surface area contributed by atoms with Crippen molar-refractivity contribution in [1.29, 1.82) is 0 Å². The lowest BCUT2D eigenvalue weighted by Gasteiger charge is -2.19. The van der Waals surface area contributed by atoms with Gasteiger partial charge in [0.25, 0.3) is 0 Å². The molecule has 0 saturated carbocycles. The Morgan fingerprint density at radius 1 is 1.50 bits per heavy atom. The highest BCUT2D eigenvalue weighted by Crippen LogP contribution is 2.19. The molecule has 2 heteroatoms. The Labute approximate surface area is 72.6 Å². The molecule has 0 radical (unpaired) electrons. The van der Waals surface area contributed by atoms with Crippen molar-refractivity contribution in [3.8, 4) is 0 Å². The number of allylic oxidation sites excluding steroid dienone is 1. The van der Waals surface area contributed by atoms with E-state index in [1.165, 1.54) is 16.8 Å². The maximum Gasteiger partial charge on any atom is 0.116 e. The van der Waals surface area contributed by atoms with Gasteiger partial charge in [0.1, 0.15) is 6.73 Å². The average Bonchev–Trinajstić information content (AvgIpc) is 2.29. The Hall–Kier alpha value is -0.980. The molecule has 0 fully saturated rings. The van der Waals surface area contributed by atoms with Gasteiger partial charge < -0.3 is 10.1 Å². The van der Waals surface area contributed by atoms with Crippen LogP contribution >= 0.6 is 0 Å². The first kappa shape index (κ1) is 7.66. The van der Waals surface area contributed by atoms with Gasteiger partial charge in [-0.2, -0.15) is 0 Å².